The second kappa shape index (κ2) is 3.10. The van der Waals surface area contributed by atoms with E-state index in [0.29, 0.717) is 11.9 Å². The fourth-order valence-electron chi connectivity index (χ4n) is 1.40. The molecule has 2 rings (SSSR count). The van der Waals surface area contributed by atoms with Crippen LogP contribution >= 0.6 is 0 Å². The highest BCUT2D eigenvalue weighted by molar-refractivity contribution is 5.19. The van der Waals surface area contributed by atoms with E-state index >= 15 is 0 Å². The number of hydrogen-bond acceptors (Lipinski definition) is 4. The van der Waals surface area contributed by atoms with Gasteiger partial charge < -0.3 is 10.5 Å². The number of anilines is 1. The van der Waals surface area contributed by atoms with Gasteiger partial charge in [0, 0.05) is 6.61 Å². The van der Waals surface area contributed by atoms with Crippen LogP contribution in [0.25, 0.3) is 0 Å². The maximum atomic E-state index is 5.44. The SMILES string of the molecule is Nc1cn(C[C@H]2CCCO2)nn1. The summed E-state index contributed by atoms with van der Waals surface area (Å²) in [5.41, 5.74) is 5.42. The maximum absolute atomic E-state index is 5.44. The topological polar surface area (TPSA) is 66.0 Å². The van der Waals surface area contributed by atoms with E-state index in [1.807, 2.05) is 0 Å². The Balaban J connectivity index is 1.94. The average Bonchev–Trinajstić information content (AvgIpc) is 2.63. The Kier molecular flexibility index (Phi) is 1.95. The van der Waals surface area contributed by atoms with Gasteiger partial charge in [0.05, 0.1) is 18.8 Å². The molecule has 0 amide bonds. The summed E-state index contributed by atoms with van der Waals surface area (Å²) in [6, 6.07) is 0. The predicted octanol–water partition coefficient (Wildman–Crippen LogP) is 0.0393. The standard InChI is InChI=1S/C7H12N4O/c8-7-5-11(10-9-7)4-6-2-1-3-12-6/h5-6H,1-4,8H2/t6-/m1/s1. The van der Waals surface area contributed by atoms with Gasteiger partial charge in [0.25, 0.3) is 0 Å². The summed E-state index contributed by atoms with van der Waals surface area (Å²) in [5.74, 6) is 0.466. The molecule has 0 saturated carbocycles. The van der Waals surface area contributed by atoms with E-state index < -0.39 is 0 Å². The monoisotopic (exact) mass is 168 g/mol. The van der Waals surface area contributed by atoms with Crippen molar-refractivity contribution in [3.05, 3.63) is 6.20 Å². The highest BCUT2D eigenvalue weighted by atomic mass is 16.5. The van der Waals surface area contributed by atoms with Gasteiger partial charge in [-0.05, 0) is 12.8 Å². The minimum absolute atomic E-state index is 0.297. The molecule has 5 heteroatoms. The maximum Gasteiger partial charge on any atom is 0.165 e. The summed E-state index contributed by atoms with van der Waals surface area (Å²) in [6.45, 7) is 1.64. The van der Waals surface area contributed by atoms with Crippen molar-refractivity contribution in [2.24, 2.45) is 0 Å². The van der Waals surface area contributed by atoms with Gasteiger partial charge in [0.2, 0.25) is 0 Å². The second-order valence-corrected chi connectivity index (χ2v) is 3.00. The normalized spacial score (nSPS) is 23.2. The molecule has 0 aliphatic carbocycles. The van der Waals surface area contributed by atoms with Crippen LogP contribution < -0.4 is 5.73 Å². The summed E-state index contributed by atoms with van der Waals surface area (Å²) >= 11 is 0. The fourth-order valence-corrected chi connectivity index (χ4v) is 1.40. The first kappa shape index (κ1) is 7.54. The smallest absolute Gasteiger partial charge is 0.165 e. The van der Waals surface area contributed by atoms with Crippen molar-refractivity contribution < 1.29 is 4.74 Å². The lowest BCUT2D eigenvalue weighted by molar-refractivity contribution is 0.0935. The number of aromatic nitrogens is 3. The van der Waals surface area contributed by atoms with E-state index in [2.05, 4.69) is 10.3 Å². The fraction of sp³-hybridized carbons (Fsp3) is 0.714. The Bertz CT molecular complexity index is 254. The van der Waals surface area contributed by atoms with E-state index in [1.165, 1.54) is 0 Å². The number of rotatable bonds is 2. The van der Waals surface area contributed by atoms with Crippen molar-refractivity contribution >= 4 is 5.82 Å². The molecule has 0 bridgehead atoms. The molecule has 0 unspecified atom stereocenters. The molecule has 2 N–H and O–H groups in total. The van der Waals surface area contributed by atoms with E-state index in [9.17, 15) is 0 Å². The van der Waals surface area contributed by atoms with Crippen LogP contribution in [-0.4, -0.2) is 27.7 Å². The molecule has 0 spiro atoms. The molecule has 5 nitrogen and oxygen atoms in total. The van der Waals surface area contributed by atoms with Crippen LogP contribution in [0.2, 0.25) is 0 Å². The third kappa shape index (κ3) is 1.55. The Labute approximate surface area is 70.5 Å². The van der Waals surface area contributed by atoms with Crippen LogP contribution in [0.15, 0.2) is 6.20 Å². The highest BCUT2D eigenvalue weighted by Crippen LogP contribution is 2.13. The number of nitrogen functional groups attached to an aromatic ring is 1. The number of ether oxygens (including phenoxy) is 1. The minimum atomic E-state index is 0.297. The van der Waals surface area contributed by atoms with E-state index in [-0.39, 0.29) is 0 Å². The molecular weight excluding hydrogens is 156 g/mol. The van der Waals surface area contributed by atoms with Gasteiger partial charge in [-0.25, -0.2) is 4.68 Å². The molecule has 66 valence electrons. The summed E-state index contributed by atoms with van der Waals surface area (Å²) in [6.07, 6.45) is 4.28. The molecule has 2 heterocycles. The van der Waals surface area contributed by atoms with Gasteiger partial charge in [-0.15, -0.1) is 5.10 Å². The molecule has 1 aromatic heterocycles. The van der Waals surface area contributed by atoms with Gasteiger partial charge >= 0.3 is 0 Å². The first-order valence-corrected chi connectivity index (χ1v) is 4.12. The van der Waals surface area contributed by atoms with Crippen molar-refractivity contribution in [2.75, 3.05) is 12.3 Å². The minimum Gasteiger partial charge on any atom is -0.381 e. The summed E-state index contributed by atoms with van der Waals surface area (Å²) in [5, 5.41) is 7.53. The van der Waals surface area contributed by atoms with Crippen LogP contribution in [-0.2, 0) is 11.3 Å². The molecule has 1 aliphatic heterocycles. The van der Waals surface area contributed by atoms with Crippen molar-refractivity contribution in [3.8, 4) is 0 Å². The first-order valence-electron chi connectivity index (χ1n) is 4.12. The molecule has 12 heavy (non-hydrogen) atoms. The largest absolute Gasteiger partial charge is 0.381 e. The second-order valence-electron chi connectivity index (χ2n) is 3.00. The number of nitrogens with two attached hydrogens (primary N) is 1. The van der Waals surface area contributed by atoms with Crippen LogP contribution in [0.1, 0.15) is 12.8 Å². The predicted molar refractivity (Wildman–Crippen MR) is 43.4 cm³/mol. The Morgan fingerprint density at radius 3 is 3.25 bits per heavy atom. The lowest BCUT2D eigenvalue weighted by Gasteiger charge is -2.07. The molecule has 0 radical (unpaired) electrons. The summed E-state index contributed by atoms with van der Waals surface area (Å²) < 4.78 is 7.16. The Morgan fingerprint density at radius 2 is 2.67 bits per heavy atom. The zero-order valence-electron chi connectivity index (χ0n) is 6.81. The Hall–Kier alpha value is -1.10. The summed E-state index contributed by atoms with van der Waals surface area (Å²) in [7, 11) is 0. The van der Waals surface area contributed by atoms with Gasteiger partial charge in [0.1, 0.15) is 0 Å². The molecule has 1 aliphatic rings. The molecular formula is C7H12N4O. The third-order valence-electron chi connectivity index (χ3n) is 1.97. The molecule has 1 saturated heterocycles. The van der Waals surface area contributed by atoms with Crippen molar-refractivity contribution in [1.29, 1.82) is 0 Å². The van der Waals surface area contributed by atoms with Gasteiger partial charge in [-0.2, -0.15) is 0 Å². The quantitative estimate of drug-likeness (QED) is 0.677. The number of hydrogen-bond donors (Lipinski definition) is 1. The average molecular weight is 168 g/mol. The van der Waals surface area contributed by atoms with Crippen molar-refractivity contribution in [1.82, 2.24) is 15.0 Å². The first-order chi connectivity index (χ1) is 5.84. The number of nitrogens with zero attached hydrogens (tertiary/aromatic N) is 3. The van der Waals surface area contributed by atoms with E-state index in [0.717, 1.165) is 26.0 Å². The van der Waals surface area contributed by atoms with Gasteiger partial charge in [-0.1, -0.05) is 5.21 Å². The zero-order valence-corrected chi connectivity index (χ0v) is 6.81. The van der Waals surface area contributed by atoms with Crippen molar-refractivity contribution in [3.63, 3.8) is 0 Å². The van der Waals surface area contributed by atoms with Crippen LogP contribution in [0.5, 0.6) is 0 Å². The molecule has 1 aromatic rings. The molecule has 1 atom stereocenters. The molecule has 1 fully saturated rings. The van der Waals surface area contributed by atoms with Crippen molar-refractivity contribution in [2.45, 2.75) is 25.5 Å². The third-order valence-corrected chi connectivity index (χ3v) is 1.97. The molecule has 0 aromatic carbocycles. The Morgan fingerprint density at radius 1 is 1.75 bits per heavy atom. The zero-order chi connectivity index (χ0) is 8.39. The van der Waals surface area contributed by atoms with Crippen LogP contribution in [0.3, 0.4) is 0 Å². The van der Waals surface area contributed by atoms with E-state index in [1.54, 1.807) is 10.9 Å². The lowest BCUT2D eigenvalue weighted by Crippen LogP contribution is -2.15. The van der Waals surface area contributed by atoms with Gasteiger partial charge in [-0.3, -0.25) is 0 Å². The van der Waals surface area contributed by atoms with Crippen LogP contribution in [0, 0.1) is 0 Å². The van der Waals surface area contributed by atoms with Crippen LogP contribution in [0.4, 0.5) is 5.82 Å². The highest BCUT2D eigenvalue weighted by Gasteiger charge is 2.16. The summed E-state index contributed by atoms with van der Waals surface area (Å²) in [4.78, 5) is 0. The lowest BCUT2D eigenvalue weighted by atomic mass is 10.2. The van der Waals surface area contributed by atoms with E-state index in [4.69, 9.17) is 10.5 Å². The van der Waals surface area contributed by atoms with Gasteiger partial charge in [0.15, 0.2) is 5.82 Å².